The third kappa shape index (κ3) is 5.49. The van der Waals surface area contributed by atoms with Crippen LogP contribution in [0.2, 0.25) is 0 Å². The van der Waals surface area contributed by atoms with Crippen molar-refractivity contribution in [2.75, 3.05) is 65.9 Å². The maximum atomic E-state index is 12.7. The van der Waals surface area contributed by atoms with Gasteiger partial charge in [0.2, 0.25) is 0 Å². The minimum absolute atomic E-state index is 0.0586. The number of piperazine rings is 1. The van der Waals surface area contributed by atoms with Gasteiger partial charge in [0.15, 0.2) is 0 Å². The molecule has 0 radical (unpaired) electrons. The quantitative estimate of drug-likeness (QED) is 0.779. The summed E-state index contributed by atoms with van der Waals surface area (Å²) in [6.07, 6.45) is 0. The molecule has 1 saturated heterocycles. The summed E-state index contributed by atoms with van der Waals surface area (Å²) in [5.74, 6) is 0.689. The molecule has 6 heteroatoms. The predicted molar refractivity (Wildman–Crippen MR) is 118 cm³/mol. The van der Waals surface area contributed by atoms with E-state index in [1.807, 2.05) is 26.2 Å². The predicted octanol–water partition coefficient (Wildman–Crippen LogP) is 2.48. The molecule has 29 heavy (non-hydrogen) atoms. The topological polar surface area (TPSA) is 48.1 Å². The fraction of sp³-hybridized carbons (Fsp3) is 0.435. The summed E-state index contributed by atoms with van der Waals surface area (Å²) >= 11 is 0. The lowest BCUT2D eigenvalue weighted by molar-refractivity contribution is 0.0886. The first-order valence-electron chi connectivity index (χ1n) is 10.1. The van der Waals surface area contributed by atoms with Gasteiger partial charge in [0.05, 0.1) is 13.2 Å². The normalized spacial score (nSPS) is 16.3. The van der Waals surface area contributed by atoms with E-state index in [2.05, 4.69) is 51.3 Å². The summed E-state index contributed by atoms with van der Waals surface area (Å²) in [6.45, 7) is 4.65. The minimum atomic E-state index is -0.0586. The van der Waals surface area contributed by atoms with Crippen LogP contribution in [0.3, 0.4) is 0 Å². The third-order valence-electron chi connectivity index (χ3n) is 5.58. The van der Waals surface area contributed by atoms with E-state index < -0.39 is 0 Å². The maximum absolute atomic E-state index is 12.7. The van der Waals surface area contributed by atoms with Crippen LogP contribution in [0.25, 0.3) is 0 Å². The number of anilines is 1. The number of benzene rings is 2. The molecule has 1 amide bonds. The van der Waals surface area contributed by atoms with Crippen LogP contribution in [0.5, 0.6) is 5.75 Å². The first-order chi connectivity index (χ1) is 14.0. The maximum Gasteiger partial charge on any atom is 0.251 e. The van der Waals surface area contributed by atoms with Crippen molar-refractivity contribution in [3.63, 3.8) is 0 Å². The molecule has 6 nitrogen and oxygen atoms in total. The molecular weight excluding hydrogens is 364 g/mol. The Morgan fingerprint density at radius 1 is 1.03 bits per heavy atom. The zero-order valence-electron chi connectivity index (χ0n) is 17.9. The van der Waals surface area contributed by atoms with Gasteiger partial charge < -0.3 is 19.9 Å². The Bertz CT molecular complexity index is 782. The highest BCUT2D eigenvalue weighted by atomic mass is 16.5. The Kier molecular flexibility index (Phi) is 7.12. The molecule has 156 valence electrons. The highest BCUT2D eigenvalue weighted by molar-refractivity contribution is 5.94. The molecule has 1 fully saturated rings. The molecule has 1 aliphatic heterocycles. The zero-order chi connectivity index (χ0) is 20.8. The number of rotatable bonds is 7. The van der Waals surface area contributed by atoms with E-state index in [1.54, 1.807) is 19.2 Å². The van der Waals surface area contributed by atoms with Crippen LogP contribution in [0.1, 0.15) is 22.0 Å². The average molecular weight is 397 g/mol. The van der Waals surface area contributed by atoms with Crippen molar-refractivity contribution in [3.05, 3.63) is 59.7 Å². The van der Waals surface area contributed by atoms with Crippen LogP contribution in [0, 0.1) is 0 Å². The van der Waals surface area contributed by atoms with Gasteiger partial charge in [0.1, 0.15) is 5.75 Å². The number of carbonyl (C=O) groups is 1. The molecule has 2 aromatic carbocycles. The molecule has 3 rings (SSSR count). The van der Waals surface area contributed by atoms with Crippen molar-refractivity contribution in [1.82, 2.24) is 15.1 Å². The molecule has 0 spiro atoms. The van der Waals surface area contributed by atoms with Crippen LogP contribution in [-0.2, 0) is 0 Å². The van der Waals surface area contributed by atoms with Gasteiger partial charge in [-0.1, -0.05) is 12.1 Å². The molecule has 0 saturated carbocycles. The molecule has 0 bridgehead atoms. The second kappa shape index (κ2) is 9.76. The SMILES string of the molecule is COc1ccc(C(=O)NCC(c2ccc(N(C)C)cc2)N2CCN(C)CC2)cc1. The van der Waals surface area contributed by atoms with Crippen LogP contribution in [-0.4, -0.2) is 76.7 Å². The summed E-state index contributed by atoms with van der Waals surface area (Å²) in [4.78, 5) is 19.6. The number of likely N-dealkylation sites (N-methyl/N-ethyl adjacent to an activating group) is 1. The molecule has 1 unspecified atom stereocenters. The van der Waals surface area contributed by atoms with Gasteiger partial charge in [-0.05, 0) is 49.0 Å². The highest BCUT2D eigenvalue weighted by Gasteiger charge is 2.24. The van der Waals surface area contributed by atoms with Crippen LogP contribution >= 0.6 is 0 Å². The fourth-order valence-electron chi connectivity index (χ4n) is 3.62. The number of methoxy groups -OCH3 is 1. The molecule has 1 atom stereocenters. The summed E-state index contributed by atoms with van der Waals surface area (Å²) in [5.41, 5.74) is 3.05. The molecular formula is C23H32N4O2. The number of carbonyl (C=O) groups excluding carboxylic acids is 1. The summed E-state index contributed by atoms with van der Waals surface area (Å²) in [7, 11) is 7.87. The van der Waals surface area contributed by atoms with Crippen molar-refractivity contribution < 1.29 is 9.53 Å². The second-order valence-electron chi connectivity index (χ2n) is 7.78. The van der Waals surface area contributed by atoms with Crippen LogP contribution in [0.4, 0.5) is 5.69 Å². The molecule has 0 aliphatic carbocycles. The van der Waals surface area contributed by atoms with Gasteiger partial charge in [0.25, 0.3) is 5.91 Å². The molecule has 1 heterocycles. The van der Waals surface area contributed by atoms with Crippen molar-refractivity contribution >= 4 is 11.6 Å². The fourth-order valence-corrected chi connectivity index (χ4v) is 3.62. The summed E-state index contributed by atoms with van der Waals surface area (Å²) in [6, 6.07) is 16.0. The number of hydrogen-bond acceptors (Lipinski definition) is 5. The van der Waals surface area contributed by atoms with Crippen LogP contribution < -0.4 is 15.0 Å². The lowest BCUT2D eigenvalue weighted by Crippen LogP contribution is -2.48. The number of nitrogens with zero attached hydrogens (tertiary/aromatic N) is 3. The van der Waals surface area contributed by atoms with Gasteiger partial charge in [-0.25, -0.2) is 0 Å². The Morgan fingerprint density at radius 2 is 1.66 bits per heavy atom. The Labute approximate surface area is 174 Å². The van der Waals surface area contributed by atoms with E-state index in [0.29, 0.717) is 12.1 Å². The standard InChI is InChI=1S/C23H32N4O2/c1-25(2)20-9-5-18(6-10-20)22(27-15-13-26(3)14-16-27)17-24-23(28)19-7-11-21(29-4)12-8-19/h5-12,22H,13-17H2,1-4H3,(H,24,28). The Balaban J connectivity index is 1.72. The average Bonchev–Trinajstić information content (AvgIpc) is 2.75. The van der Waals surface area contributed by atoms with Gasteiger partial charge in [-0.3, -0.25) is 9.69 Å². The van der Waals surface area contributed by atoms with E-state index in [4.69, 9.17) is 4.74 Å². The number of hydrogen-bond donors (Lipinski definition) is 1. The van der Waals surface area contributed by atoms with Gasteiger partial charge in [-0.15, -0.1) is 0 Å². The number of ether oxygens (including phenoxy) is 1. The first kappa shape index (κ1) is 21.1. The molecule has 0 aromatic heterocycles. The zero-order valence-corrected chi connectivity index (χ0v) is 17.9. The second-order valence-corrected chi connectivity index (χ2v) is 7.78. The van der Waals surface area contributed by atoms with E-state index in [1.165, 1.54) is 11.3 Å². The van der Waals surface area contributed by atoms with Crippen molar-refractivity contribution in [2.45, 2.75) is 6.04 Å². The minimum Gasteiger partial charge on any atom is -0.497 e. The number of nitrogens with one attached hydrogen (secondary N) is 1. The molecule has 1 aliphatic rings. The first-order valence-corrected chi connectivity index (χ1v) is 10.1. The van der Waals surface area contributed by atoms with E-state index in [0.717, 1.165) is 31.9 Å². The summed E-state index contributed by atoms with van der Waals surface area (Å²) in [5, 5.41) is 3.14. The smallest absolute Gasteiger partial charge is 0.251 e. The third-order valence-corrected chi connectivity index (χ3v) is 5.58. The van der Waals surface area contributed by atoms with E-state index in [-0.39, 0.29) is 11.9 Å². The Morgan fingerprint density at radius 3 is 2.21 bits per heavy atom. The van der Waals surface area contributed by atoms with E-state index >= 15 is 0 Å². The van der Waals surface area contributed by atoms with Crippen molar-refractivity contribution in [2.24, 2.45) is 0 Å². The lowest BCUT2D eigenvalue weighted by Gasteiger charge is -2.38. The highest BCUT2D eigenvalue weighted by Crippen LogP contribution is 2.24. The lowest BCUT2D eigenvalue weighted by atomic mass is 10.0. The van der Waals surface area contributed by atoms with Gasteiger partial charge in [0, 0.05) is 58.1 Å². The summed E-state index contributed by atoms with van der Waals surface area (Å²) < 4.78 is 5.17. The van der Waals surface area contributed by atoms with Crippen molar-refractivity contribution in [1.29, 1.82) is 0 Å². The van der Waals surface area contributed by atoms with Crippen LogP contribution in [0.15, 0.2) is 48.5 Å². The van der Waals surface area contributed by atoms with Gasteiger partial charge in [-0.2, -0.15) is 0 Å². The van der Waals surface area contributed by atoms with Gasteiger partial charge >= 0.3 is 0 Å². The number of amides is 1. The molecule has 2 aromatic rings. The molecule has 1 N–H and O–H groups in total. The largest absolute Gasteiger partial charge is 0.497 e. The Hall–Kier alpha value is -2.57. The monoisotopic (exact) mass is 396 g/mol. The van der Waals surface area contributed by atoms with E-state index in [9.17, 15) is 4.79 Å². The van der Waals surface area contributed by atoms with Crippen molar-refractivity contribution in [3.8, 4) is 5.75 Å².